The minimum absolute atomic E-state index is 0.164. The molecule has 34 heavy (non-hydrogen) atoms. The van der Waals surface area contributed by atoms with Crippen LogP contribution in [0.15, 0.2) is 59.7 Å². The van der Waals surface area contributed by atoms with Crippen molar-refractivity contribution in [1.29, 1.82) is 0 Å². The molecule has 0 saturated heterocycles. The highest BCUT2D eigenvalue weighted by Crippen LogP contribution is 2.73. The Kier molecular flexibility index (Phi) is 11.6. The van der Waals surface area contributed by atoms with E-state index >= 15 is 0 Å². The predicted octanol–water partition coefficient (Wildman–Crippen LogP) is 7.39. The Hall–Kier alpha value is -1.89. The SMILES string of the molecule is Cc1ccc(CSP(=O)(SCCOCC(=O)OC(C)(C)C)C(Cc2ccccc2)N=[N+]=[N-])cc1. The van der Waals surface area contributed by atoms with Gasteiger partial charge in [-0.25, -0.2) is 4.79 Å². The maximum absolute atomic E-state index is 14.1. The fourth-order valence-electron chi connectivity index (χ4n) is 2.91. The highest BCUT2D eigenvalue weighted by atomic mass is 33.1. The summed E-state index contributed by atoms with van der Waals surface area (Å²) in [5.74, 6) is -0.209. The maximum atomic E-state index is 14.1. The lowest BCUT2D eigenvalue weighted by molar-refractivity contribution is -0.159. The standard InChI is InChI=1S/C24H32N3O4PS2/c1-19-10-12-21(13-11-19)18-34-32(29,22(26-27-25)16-20-8-6-5-7-9-20)33-15-14-30-17-23(28)31-24(2,3)4/h5-13,22H,14-18H2,1-4H3. The molecule has 0 aliphatic heterocycles. The highest BCUT2D eigenvalue weighted by Gasteiger charge is 2.34. The maximum Gasteiger partial charge on any atom is 0.332 e. The average Bonchev–Trinajstić information content (AvgIpc) is 2.78. The Morgan fingerprint density at radius 1 is 1.09 bits per heavy atom. The van der Waals surface area contributed by atoms with Gasteiger partial charge in [0.1, 0.15) is 18.0 Å². The Balaban J connectivity index is 2.07. The molecule has 0 saturated carbocycles. The van der Waals surface area contributed by atoms with Gasteiger partial charge in [-0.2, -0.15) is 0 Å². The summed E-state index contributed by atoms with van der Waals surface area (Å²) >= 11 is 2.58. The van der Waals surface area contributed by atoms with E-state index in [0.717, 1.165) is 16.7 Å². The first-order valence-electron chi connectivity index (χ1n) is 10.9. The molecular weight excluding hydrogens is 489 g/mol. The topological polar surface area (TPSA) is 101 Å². The summed E-state index contributed by atoms with van der Waals surface area (Å²) in [5.41, 5.74) is 8.72. The monoisotopic (exact) mass is 521 g/mol. The van der Waals surface area contributed by atoms with E-state index in [2.05, 4.69) is 10.0 Å². The summed E-state index contributed by atoms with van der Waals surface area (Å²) in [5, 5.41) is 3.95. The number of aryl methyl sites for hydroxylation is 1. The Morgan fingerprint density at radius 3 is 2.38 bits per heavy atom. The number of benzene rings is 2. The van der Waals surface area contributed by atoms with E-state index in [1.54, 1.807) is 20.8 Å². The molecule has 0 aliphatic rings. The zero-order chi connectivity index (χ0) is 25.0. The first-order chi connectivity index (χ1) is 16.1. The predicted molar refractivity (Wildman–Crippen MR) is 142 cm³/mol. The van der Waals surface area contributed by atoms with Crippen molar-refractivity contribution < 1.29 is 18.8 Å². The van der Waals surface area contributed by atoms with Crippen LogP contribution in [0.1, 0.15) is 37.5 Å². The lowest BCUT2D eigenvalue weighted by atomic mass is 10.1. The fourth-order valence-corrected chi connectivity index (χ4v) is 10.6. The molecule has 2 aromatic rings. The number of azide groups is 1. The van der Waals surface area contributed by atoms with Crippen molar-refractivity contribution in [2.45, 2.75) is 51.3 Å². The zero-order valence-electron chi connectivity index (χ0n) is 20.0. The van der Waals surface area contributed by atoms with Gasteiger partial charge in [0.15, 0.2) is 0 Å². The van der Waals surface area contributed by atoms with E-state index in [1.165, 1.54) is 22.8 Å². The second-order valence-corrected chi connectivity index (χ2v) is 17.0. The molecule has 0 spiro atoms. The van der Waals surface area contributed by atoms with E-state index in [4.69, 9.17) is 9.47 Å². The smallest absolute Gasteiger partial charge is 0.332 e. The molecule has 184 valence electrons. The molecule has 0 heterocycles. The Bertz CT molecular complexity index is 1010. The van der Waals surface area contributed by atoms with E-state index in [0.29, 0.717) is 17.9 Å². The number of rotatable bonds is 13. The van der Waals surface area contributed by atoms with E-state index in [1.807, 2.05) is 61.5 Å². The minimum atomic E-state index is -3.07. The molecular formula is C24H32N3O4PS2. The number of hydrogen-bond donors (Lipinski definition) is 0. The number of hydrogen-bond acceptors (Lipinski definition) is 7. The van der Waals surface area contributed by atoms with Crippen LogP contribution in [0.5, 0.6) is 0 Å². The van der Waals surface area contributed by atoms with Crippen LogP contribution in [0.3, 0.4) is 0 Å². The quantitative estimate of drug-likeness (QED) is 0.0680. The number of carbonyl (C=O) groups is 1. The van der Waals surface area contributed by atoms with Gasteiger partial charge < -0.3 is 9.47 Å². The van der Waals surface area contributed by atoms with Gasteiger partial charge >= 0.3 is 5.97 Å². The fraction of sp³-hybridized carbons (Fsp3) is 0.458. The van der Waals surface area contributed by atoms with Gasteiger partial charge in [0.25, 0.3) is 0 Å². The van der Waals surface area contributed by atoms with Crippen molar-refractivity contribution in [2.24, 2.45) is 5.11 Å². The number of nitrogens with zero attached hydrogens (tertiary/aromatic N) is 3. The Labute approximate surface area is 209 Å². The lowest BCUT2D eigenvalue weighted by Gasteiger charge is -2.23. The van der Waals surface area contributed by atoms with Gasteiger partial charge in [0.05, 0.1) is 6.61 Å². The summed E-state index contributed by atoms with van der Waals surface area (Å²) in [7, 11) is 0. The molecule has 0 radical (unpaired) electrons. The molecule has 0 fully saturated rings. The minimum Gasteiger partial charge on any atom is -0.458 e. The van der Waals surface area contributed by atoms with Gasteiger partial charge in [-0.3, -0.25) is 4.57 Å². The molecule has 0 bridgehead atoms. The third-order valence-electron chi connectivity index (χ3n) is 4.48. The van der Waals surface area contributed by atoms with Crippen LogP contribution in [0.4, 0.5) is 0 Å². The van der Waals surface area contributed by atoms with Crippen molar-refractivity contribution >= 4 is 34.3 Å². The van der Waals surface area contributed by atoms with Gasteiger partial charge in [0.2, 0.25) is 5.55 Å². The lowest BCUT2D eigenvalue weighted by Crippen LogP contribution is -2.26. The molecule has 0 aliphatic carbocycles. The summed E-state index contributed by atoms with van der Waals surface area (Å²) in [6.45, 7) is 7.48. The van der Waals surface area contributed by atoms with E-state index in [9.17, 15) is 14.9 Å². The molecule has 2 rings (SSSR count). The first kappa shape index (κ1) is 28.3. The van der Waals surface area contributed by atoms with Crippen molar-refractivity contribution in [3.05, 3.63) is 81.7 Å². The highest BCUT2D eigenvalue weighted by molar-refractivity contribution is 8.90. The average molecular weight is 522 g/mol. The van der Waals surface area contributed by atoms with Gasteiger partial charge in [-0.15, -0.1) is 0 Å². The van der Waals surface area contributed by atoms with Crippen molar-refractivity contribution in [3.8, 4) is 0 Å². The molecule has 2 aromatic carbocycles. The first-order valence-corrected chi connectivity index (χ1v) is 15.9. The summed E-state index contributed by atoms with van der Waals surface area (Å²) in [6, 6.07) is 17.7. The second-order valence-electron chi connectivity index (χ2n) is 8.65. The van der Waals surface area contributed by atoms with E-state index in [-0.39, 0.29) is 13.2 Å². The zero-order valence-corrected chi connectivity index (χ0v) is 22.6. The van der Waals surface area contributed by atoms with Crippen LogP contribution in [-0.2, 0) is 31.0 Å². The number of ether oxygens (including phenoxy) is 2. The van der Waals surface area contributed by atoms with Crippen LogP contribution >= 0.6 is 28.3 Å². The molecule has 10 heteroatoms. The van der Waals surface area contributed by atoms with Crippen LogP contribution < -0.4 is 0 Å². The van der Waals surface area contributed by atoms with Crippen LogP contribution in [-0.4, -0.2) is 36.3 Å². The second kappa shape index (κ2) is 13.9. The molecule has 7 nitrogen and oxygen atoms in total. The van der Waals surface area contributed by atoms with E-state index < -0.39 is 22.9 Å². The number of carbonyl (C=O) groups excluding carboxylic acids is 1. The van der Waals surface area contributed by atoms with Gasteiger partial charge in [-0.05, 0) is 50.8 Å². The Morgan fingerprint density at radius 2 is 1.76 bits per heavy atom. The van der Waals surface area contributed by atoms with Gasteiger partial charge in [-0.1, -0.05) is 88.0 Å². The summed E-state index contributed by atoms with van der Waals surface area (Å²) in [4.78, 5) is 14.8. The van der Waals surface area contributed by atoms with Gasteiger partial charge in [0, 0.05) is 16.4 Å². The summed E-state index contributed by atoms with van der Waals surface area (Å²) < 4.78 is 24.8. The largest absolute Gasteiger partial charge is 0.458 e. The van der Waals surface area contributed by atoms with Crippen molar-refractivity contribution in [3.63, 3.8) is 0 Å². The van der Waals surface area contributed by atoms with Crippen molar-refractivity contribution in [1.82, 2.24) is 0 Å². The van der Waals surface area contributed by atoms with Crippen LogP contribution in [0.25, 0.3) is 10.4 Å². The molecule has 2 atom stereocenters. The molecule has 2 unspecified atom stereocenters. The third-order valence-corrected chi connectivity index (χ3v) is 13.5. The normalized spacial score (nSPS) is 14.0. The molecule has 0 amide bonds. The van der Waals surface area contributed by atoms with Crippen LogP contribution in [0.2, 0.25) is 0 Å². The third kappa shape index (κ3) is 10.6. The summed E-state index contributed by atoms with van der Waals surface area (Å²) in [6.07, 6.45) is 0.384. The molecule has 0 N–H and O–H groups in total. The van der Waals surface area contributed by atoms with Crippen LogP contribution in [0, 0.1) is 6.92 Å². The molecule has 0 aromatic heterocycles. The number of esters is 1. The van der Waals surface area contributed by atoms with Crippen molar-refractivity contribution in [2.75, 3.05) is 19.0 Å².